The van der Waals surface area contributed by atoms with E-state index in [9.17, 15) is 9.59 Å². The molecule has 0 radical (unpaired) electrons. The zero-order valence-electron chi connectivity index (χ0n) is 11.3. The first-order chi connectivity index (χ1) is 9.68. The van der Waals surface area contributed by atoms with Crippen LogP contribution in [-0.2, 0) is 16.0 Å². The van der Waals surface area contributed by atoms with Crippen molar-refractivity contribution < 1.29 is 14.3 Å². The summed E-state index contributed by atoms with van der Waals surface area (Å²) in [5, 5.41) is 6.04. The Kier molecular flexibility index (Phi) is 4.95. The number of para-hydroxylation sites is 1. The van der Waals surface area contributed by atoms with Gasteiger partial charge in [0.1, 0.15) is 6.61 Å². The molecule has 0 atom stereocenters. The van der Waals surface area contributed by atoms with E-state index in [4.69, 9.17) is 10.5 Å². The number of benzene rings is 1. The first kappa shape index (κ1) is 14.3. The van der Waals surface area contributed by atoms with Crippen molar-refractivity contribution >= 4 is 17.5 Å². The van der Waals surface area contributed by atoms with Crippen molar-refractivity contribution in [2.24, 2.45) is 5.73 Å². The molecule has 1 aliphatic heterocycles. The van der Waals surface area contributed by atoms with Crippen LogP contribution in [0.5, 0.6) is 0 Å². The van der Waals surface area contributed by atoms with Gasteiger partial charge < -0.3 is 21.1 Å². The summed E-state index contributed by atoms with van der Waals surface area (Å²) in [5.74, 6) is -0.656. The molecule has 1 heterocycles. The lowest BCUT2D eigenvalue weighted by Gasteiger charge is -2.20. The van der Waals surface area contributed by atoms with E-state index in [1.807, 2.05) is 12.1 Å². The average Bonchev–Trinajstić information content (AvgIpc) is 2.45. The second-order valence-corrected chi connectivity index (χ2v) is 4.64. The molecule has 1 aliphatic rings. The summed E-state index contributed by atoms with van der Waals surface area (Å²) in [6.45, 7) is 1.37. The molecular formula is C14H19N3O3. The number of amides is 2. The average molecular weight is 277 g/mol. The highest BCUT2D eigenvalue weighted by atomic mass is 16.5. The smallest absolute Gasteiger partial charge is 0.253 e. The SMILES string of the molecule is NC(=O)COCCNC(=O)c1cccc2c1NCCC2. The van der Waals surface area contributed by atoms with Crippen LogP contribution in [0.3, 0.4) is 0 Å². The van der Waals surface area contributed by atoms with Gasteiger partial charge in [0.2, 0.25) is 5.91 Å². The Morgan fingerprint density at radius 2 is 2.25 bits per heavy atom. The second-order valence-electron chi connectivity index (χ2n) is 4.64. The Labute approximate surface area is 117 Å². The predicted molar refractivity (Wildman–Crippen MR) is 75.6 cm³/mol. The summed E-state index contributed by atoms with van der Waals surface area (Å²) in [6, 6.07) is 5.73. The third-order valence-electron chi connectivity index (χ3n) is 3.10. The van der Waals surface area contributed by atoms with Crippen LogP contribution in [0.15, 0.2) is 18.2 Å². The Morgan fingerprint density at radius 1 is 1.40 bits per heavy atom. The minimum Gasteiger partial charge on any atom is -0.384 e. The van der Waals surface area contributed by atoms with E-state index >= 15 is 0 Å². The molecule has 6 nitrogen and oxygen atoms in total. The summed E-state index contributed by atoms with van der Waals surface area (Å²) in [4.78, 5) is 22.6. The number of primary amides is 1. The second kappa shape index (κ2) is 6.91. The summed E-state index contributed by atoms with van der Waals surface area (Å²) in [5.41, 5.74) is 7.69. The van der Waals surface area contributed by atoms with Crippen LogP contribution < -0.4 is 16.4 Å². The number of hydrogen-bond donors (Lipinski definition) is 3. The van der Waals surface area contributed by atoms with Gasteiger partial charge in [0.25, 0.3) is 5.91 Å². The first-order valence-electron chi connectivity index (χ1n) is 6.68. The van der Waals surface area contributed by atoms with Crippen molar-refractivity contribution in [1.29, 1.82) is 0 Å². The van der Waals surface area contributed by atoms with Gasteiger partial charge in [-0.15, -0.1) is 0 Å². The van der Waals surface area contributed by atoms with E-state index in [2.05, 4.69) is 10.6 Å². The van der Waals surface area contributed by atoms with Crippen molar-refractivity contribution in [1.82, 2.24) is 5.32 Å². The highest BCUT2D eigenvalue weighted by molar-refractivity contribution is 6.00. The van der Waals surface area contributed by atoms with Crippen molar-refractivity contribution in [3.8, 4) is 0 Å². The first-order valence-corrected chi connectivity index (χ1v) is 6.68. The van der Waals surface area contributed by atoms with E-state index < -0.39 is 5.91 Å². The van der Waals surface area contributed by atoms with Crippen molar-refractivity contribution in [2.75, 3.05) is 31.6 Å². The zero-order valence-corrected chi connectivity index (χ0v) is 11.3. The minimum absolute atomic E-state index is 0.127. The lowest BCUT2D eigenvalue weighted by Crippen LogP contribution is -2.30. The number of nitrogens with one attached hydrogen (secondary N) is 2. The number of fused-ring (bicyclic) bond motifs is 1. The van der Waals surface area contributed by atoms with Crippen LogP contribution >= 0.6 is 0 Å². The predicted octanol–water partition coefficient (Wildman–Crippen LogP) is 0.276. The van der Waals surface area contributed by atoms with Gasteiger partial charge in [-0.1, -0.05) is 12.1 Å². The molecule has 4 N–H and O–H groups in total. The van der Waals surface area contributed by atoms with Gasteiger partial charge >= 0.3 is 0 Å². The van der Waals surface area contributed by atoms with Gasteiger partial charge in [0.15, 0.2) is 0 Å². The highest BCUT2D eigenvalue weighted by Gasteiger charge is 2.16. The minimum atomic E-state index is -0.516. The monoisotopic (exact) mass is 277 g/mol. The number of rotatable bonds is 6. The normalized spacial score (nSPS) is 13.2. The summed E-state index contributed by atoms with van der Waals surface area (Å²) in [7, 11) is 0. The molecule has 0 aliphatic carbocycles. The zero-order chi connectivity index (χ0) is 14.4. The largest absolute Gasteiger partial charge is 0.384 e. The fourth-order valence-electron chi connectivity index (χ4n) is 2.20. The third kappa shape index (κ3) is 3.71. The summed E-state index contributed by atoms with van der Waals surface area (Å²) >= 11 is 0. The quantitative estimate of drug-likeness (QED) is 0.651. The van der Waals surface area contributed by atoms with Gasteiger partial charge in [-0.2, -0.15) is 0 Å². The summed E-state index contributed by atoms with van der Waals surface area (Å²) < 4.78 is 4.99. The van der Waals surface area contributed by atoms with E-state index in [1.165, 1.54) is 5.56 Å². The highest BCUT2D eigenvalue weighted by Crippen LogP contribution is 2.25. The molecule has 0 fully saturated rings. The van der Waals surface area contributed by atoms with E-state index in [-0.39, 0.29) is 19.1 Å². The van der Waals surface area contributed by atoms with Crippen LogP contribution in [0.25, 0.3) is 0 Å². The lowest BCUT2D eigenvalue weighted by molar-refractivity contribution is -0.122. The van der Waals surface area contributed by atoms with Crippen LogP contribution in [0, 0.1) is 0 Å². The van der Waals surface area contributed by atoms with Gasteiger partial charge in [0.05, 0.1) is 17.9 Å². The van der Waals surface area contributed by atoms with E-state index in [0.29, 0.717) is 12.1 Å². The number of aryl methyl sites for hydroxylation is 1. The molecular weight excluding hydrogens is 258 g/mol. The molecule has 6 heteroatoms. The van der Waals surface area contributed by atoms with Gasteiger partial charge in [-0.25, -0.2) is 0 Å². The molecule has 0 saturated heterocycles. The van der Waals surface area contributed by atoms with Crippen LogP contribution in [0.2, 0.25) is 0 Å². The van der Waals surface area contributed by atoms with E-state index in [1.54, 1.807) is 6.07 Å². The maximum Gasteiger partial charge on any atom is 0.253 e. The molecule has 0 unspecified atom stereocenters. The molecule has 2 rings (SSSR count). The Balaban J connectivity index is 1.88. The van der Waals surface area contributed by atoms with Gasteiger partial charge in [0, 0.05) is 13.1 Å². The molecule has 1 aromatic rings. The number of carbonyl (C=O) groups is 2. The molecule has 0 saturated carbocycles. The Hall–Kier alpha value is -2.08. The molecule has 20 heavy (non-hydrogen) atoms. The van der Waals surface area contributed by atoms with Crippen molar-refractivity contribution in [3.05, 3.63) is 29.3 Å². The van der Waals surface area contributed by atoms with Gasteiger partial charge in [-0.05, 0) is 24.5 Å². The van der Waals surface area contributed by atoms with Crippen molar-refractivity contribution in [3.63, 3.8) is 0 Å². The number of hydrogen-bond acceptors (Lipinski definition) is 4. The number of ether oxygens (including phenoxy) is 1. The fourth-order valence-corrected chi connectivity index (χ4v) is 2.20. The molecule has 108 valence electrons. The Bertz CT molecular complexity index is 502. The topological polar surface area (TPSA) is 93.5 Å². The van der Waals surface area contributed by atoms with Gasteiger partial charge in [-0.3, -0.25) is 9.59 Å². The fraction of sp³-hybridized carbons (Fsp3) is 0.429. The Morgan fingerprint density at radius 3 is 3.05 bits per heavy atom. The van der Waals surface area contributed by atoms with Crippen LogP contribution in [-0.4, -0.2) is 38.1 Å². The number of carbonyl (C=O) groups excluding carboxylic acids is 2. The van der Waals surface area contributed by atoms with Crippen LogP contribution in [0.1, 0.15) is 22.3 Å². The summed E-state index contributed by atoms with van der Waals surface area (Å²) in [6.07, 6.45) is 2.07. The molecule has 0 aromatic heterocycles. The number of nitrogens with two attached hydrogens (primary N) is 1. The maximum absolute atomic E-state index is 12.1. The van der Waals surface area contributed by atoms with E-state index in [0.717, 1.165) is 25.1 Å². The van der Waals surface area contributed by atoms with Crippen molar-refractivity contribution in [2.45, 2.75) is 12.8 Å². The maximum atomic E-state index is 12.1. The third-order valence-corrected chi connectivity index (χ3v) is 3.10. The molecule has 0 bridgehead atoms. The lowest BCUT2D eigenvalue weighted by atomic mass is 9.99. The molecule has 0 spiro atoms. The standard InChI is InChI=1S/C14H19N3O3/c15-12(18)9-20-8-7-17-14(19)11-5-1-3-10-4-2-6-16-13(10)11/h1,3,5,16H,2,4,6-9H2,(H2,15,18)(H,17,19). The number of anilines is 1. The van der Waals surface area contributed by atoms with Crippen LogP contribution in [0.4, 0.5) is 5.69 Å². The molecule has 1 aromatic carbocycles. The molecule has 2 amide bonds.